The molecule has 2 aromatic rings. The number of carboxylic acids is 1. The number of carboxylic acid groups (broad SMARTS) is 1. The number of carbonyl (C=O) groups excluding carboxylic acids is 2. The fraction of sp³-hybridized carbons (Fsp3) is 0.423. The van der Waals surface area contributed by atoms with Crippen molar-refractivity contribution in [1.82, 2.24) is 10.6 Å². The predicted octanol–water partition coefficient (Wildman–Crippen LogP) is 5.22. The Morgan fingerprint density at radius 2 is 1.54 bits per heavy atom. The number of amides is 2. The molecule has 3 N–H and O–H groups in total. The van der Waals surface area contributed by atoms with Crippen LogP contribution in [0.25, 0.3) is 0 Å². The van der Waals surface area contributed by atoms with E-state index in [0.717, 1.165) is 43.2 Å². The number of ether oxygens (including phenoxy) is 2. The standard InChI is InChI=1S/C26H29F5N2O6/c1-2-3-5-17(6-4-7-23(34)35)38-22-15-20(27)19(14-21(22)28)25(37)33-13-12-32-24(36)16-8-10-18(11-9-16)39-26(29,30)31/h8-11,14-15,17H,2-7,12-13H2,1H3,(H,32,36)(H,33,37)(H,34,35)/t17-/m1/s1. The minimum absolute atomic E-state index is 0.0414. The lowest BCUT2D eigenvalue weighted by Gasteiger charge is -2.20. The maximum atomic E-state index is 14.6. The lowest BCUT2D eigenvalue weighted by molar-refractivity contribution is -0.274. The highest BCUT2D eigenvalue weighted by Crippen LogP contribution is 2.26. The highest BCUT2D eigenvalue weighted by molar-refractivity contribution is 5.95. The second-order valence-corrected chi connectivity index (χ2v) is 8.51. The minimum atomic E-state index is -4.86. The third-order valence-electron chi connectivity index (χ3n) is 5.40. The Bertz CT molecular complexity index is 1130. The van der Waals surface area contributed by atoms with Gasteiger partial charge in [0.2, 0.25) is 0 Å². The van der Waals surface area contributed by atoms with Crippen LogP contribution in [0.3, 0.4) is 0 Å². The molecule has 0 aromatic heterocycles. The van der Waals surface area contributed by atoms with Crippen molar-refractivity contribution in [3.8, 4) is 11.5 Å². The number of benzene rings is 2. The molecular weight excluding hydrogens is 531 g/mol. The summed E-state index contributed by atoms with van der Waals surface area (Å²) in [5.74, 6) is -5.43. The molecule has 8 nitrogen and oxygen atoms in total. The Morgan fingerprint density at radius 1 is 0.923 bits per heavy atom. The Hall–Kier alpha value is -3.90. The number of unbranched alkanes of at least 4 members (excludes halogenated alkanes) is 1. The topological polar surface area (TPSA) is 114 Å². The van der Waals surface area contributed by atoms with Gasteiger partial charge in [0.15, 0.2) is 11.6 Å². The zero-order valence-electron chi connectivity index (χ0n) is 21.1. The van der Waals surface area contributed by atoms with E-state index in [1.165, 1.54) is 0 Å². The SMILES string of the molecule is CCCC[C@H](CCCC(=O)O)Oc1cc(F)c(C(=O)NCCNC(=O)c2ccc(OC(F)(F)F)cc2)cc1F. The van der Waals surface area contributed by atoms with Crippen molar-refractivity contribution in [1.29, 1.82) is 0 Å². The van der Waals surface area contributed by atoms with Crippen LogP contribution < -0.4 is 20.1 Å². The van der Waals surface area contributed by atoms with E-state index in [1.807, 2.05) is 6.92 Å². The average molecular weight is 561 g/mol. The first-order chi connectivity index (χ1) is 18.4. The summed E-state index contributed by atoms with van der Waals surface area (Å²) in [6.07, 6.45) is -2.71. The number of aliphatic carboxylic acids is 1. The first kappa shape index (κ1) is 31.3. The van der Waals surface area contributed by atoms with Crippen molar-refractivity contribution in [2.75, 3.05) is 13.1 Å². The van der Waals surface area contributed by atoms with Crippen molar-refractivity contribution in [3.05, 3.63) is 59.2 Å². The van der Waals surface area contributed by atoms with Crippen molar-refractivity contribution in [2.24, 2.45) is 0 Å². The van der Waals surface area contributed by atoms with Crippen LogP contribution in [0.5, 0.6) is 11.5 Å². The summed E-state index contributed by atoms with van der Waals surface area (Å²) in [7, 11) is 0. The van der Waals surface area contributed by atoms with Crippen LogP contribution in [0.4, 0.5) is 22.0 Å². The van der Waals surface area contributed by atoms with E-state index < -0.39 is 53.2 Å². The smallest absolute Gasteiger partial charge is 0.487 e. The van der Waals surface area contributed by atoms with Gasteiger partial charge in [-0.05, 0) is 49.6 Å². The molecule has 1 atom stereocenters. The number of hydrogen-bond donors (Lipinski definition) is 3. The number of halogens is 5. The van der Waals surface area contributed by atoms with Gasteiger partial charge in [0.25, 0.3) is 11.8 Å². The molecule has 2 amide bonds. The Morgan fingerprint density at radius 3 is 2.13 bits per heavy atom. The zero-order valence-corrected chi connectivity index (χ0v) is 21.1. The van der Waals surface area contributed by atoms with Gasteiger partial charge in [-0.25, -0.2) is 8.78 Å². The van der Waals surface area contributed by atoms with Gasteiger partial charge in [-0.15, -0.1) is 13.2 Å². The normalized spacial score (nSPS) is 11.9. The Kier molecular flexibility index (Phi) is 12.0. The van der Waals surface area contributed by atoms with E-state index in [-0.39, 0.29) is 30.8 Å². The summed E-state index contributed by atoms with van der Waals surface area (Å²) in [5, 5.41) is 13.6. The monoisotopic (exact) mass is 560 g/mol. The summed E-state index contributed by atoms with van der Waals surface area (Å²) in [5.41, 5.74) is -0.540. The van der Waals surface area contributed by atoms with Crippen LogP contribution in [0.1, 0.15) is 66.2 Å². The average Bonchev–Trinajstić information content (AvgIpc) is 2.85. The molecule has 0 saturated carbocycles. The van der Waals surface area contributed by atoms with Gasteiger partial charge in [0.05, 0.1) is 11.7 Å². The lowest BCUT2D eigenvalue weighted by atomic mass is 10.1. The van der Waals surface area contributed by atoms with Gasteiger partial charge in [-0.2, -0.15) is 0 Å². The molecule has 2 rings (SSSR count). The minimum Gasteiger partial charge on any atom is -0.487 e. The highest BCUT2D eigenvalue weighted by atomic mass is 19.4. The number of nitrogens with one attached hydrogen (secondary N) is 2. The third kappa shape index (κ3) is 11.2. The molecule has 0 radical (unpaired) electrons. The van der Waals surface area contributed by atoms with Crippen LogP contribution in [-0.2, 0) is 4.79 Å². The highest BCUT2D eigenvalue weighted by Gasteiger charge is 2.31. The van der Waals surface area contributed by atoms with Crippen molar-refractivity contribution < 1.29 is 50.9 Å². The molecule has 0 saturated heterocycles. The number of hydrogen-bond acceptors (Lipinski definition) is 5. The molecule has 13 heteroatoms. The summed E-state index contributed by atoms with van der Waals surface area (Å²) >= 11 is 0. The van der Waals surface area contributed by atoms with Gasteiger partial charge < -0.3 is 25.2 Å². The number of carbonyl (C=O) groups is 3. The van der Waals surface area contributed by atoms with Gasteiger partial charge in [0.1, 0.15) is 11.6 Å². The third-order valence-corrected chi connectivity index (χ3v) is 5.40. The summed E-state index contributed by atoms with van der Waals surface area (Å²) in [6, 6.07) is 5.63. The van der Waals surface area contributed by atoms with Crippen LogP contribution in [0.2, 0.25) is 0 Å². The maximum absolute atomic E-state index is 14.6. The lowest BCUT2D eigenvalue weighted by Crippen LogP contribution is -2.35. The van der Waals surface area contributed by atoms with Crippen LogP contribution >= 0.6 is 0 Å². The molecule has 214 valence electrons. The van der Waals surface area contributed by atoms with E-state index in [9.17, 15) is 36.3 Å². The Balaban J connectivity index is 1.89. The second kappa shape index (κ2) is 14.9. The molecule has 2 aromatic carbocycles. The van der Waals surface area contributed by atoms with E-state index in [1.54, 1.807) is 0 Å². The molecule has 39 heavy (non-hydrogen) atoms. The summed E-state index contributed by atoms with van der Waals surface area (Å²) in [4.78, 5) is 35.2. The first-order valence-electron chi connectivity index (χ1n) is 12.2. The van der Waals surface area contributed by atoms with Gasteiger partial charge in [0, 0.05) is 31.1 Å². The van der Waals surface area contributed by atoms with Crippen molar-refractivity contribution >= 4 is 17.8 Å². The fourth-order valence-corrected chi connectivity index (χ4v) is 3.50. The summed E-state index contributed by atoms with van der Waals surface area (Å²) < 4.78 is 75.2. The quantitative estimate of drug-likeness (QED) is 0.204. The second-order valence-electron chi connectivity index (χ2n) is 8.51. The molecule has 0 aliphatic rings. The van der Waals surface area contributed by atoms with Crippen molar-refractivity contribution in [2.45, 2.75) is 57.9 Å². The molecule has 0 aliphatic heterocycles. The zero-order chi connectivity index (χ0) is 29.0. The number of rotatable bonds is 15. The number of alkyl halides is 3. The molecule has 0 spiro atoms. The Labute approximate surface area is 221 Å². The molecule has 0 heterocycles. The molecule has 0 unspecified atom stereocenters. The molecular formula is C26H29F5N2O6. The maximum Gasteiger partial charge on any atom is 0.573 e. The largest absolute Gasteiger partial charge is 0.573 e. The first-order valence-corrected chi connectivity index (χ1v) is 12.2. The molecule has 0 bridgehead atoms. The van der Waals surface area contributed by atoms with Crippen LogP contribution in [-0.4, -0.2) is 48.4 Å². The predicted molar refractivity (Wildman–Crippen MR) is 130 cm³/mol. The van der Waals surface area contributed by atoms with Gasteiger partial charge in [-0.3, -0.25) is 14.4 Å². The molecule has 0 aliphatic carbocycles. The van der Waals surface area contributed by atoms with Gasteiger partial charge in [-0.1, -0.05) is 19.8 Å². The van der Waals surface area contributed by atoms with E-state index in [4.69, 9.17) is 9.84 Å². The van der Waals surface area contributed by atoms with E-state index >= 15 is 0 Å². The van der Waals surface area contributed by atoms with Crippen LogP contribution in [0.15, 0.2) is 36.4 Å². The van der Waals surface area contributed by atoms with Crippen LogP contribution in [0, 0.1) is 11.6 Å². The fourth-order valence-electron chi connectivity index (χ4n) is 3.50. The van der Waals surface area contributed by atoms with E-state index in [2.05, 4.69) is 15.4 Å². The molecule has 0 fully saturated rings. The van der Waals surface area contributed by atoms with Gasteiger partial charge >= 0.3 is 12.3 Å². The van der Waals surface area contributed by atoms with Crippen molar-refractivity contribution in [3.63, 3.8) is 0 Å². The summed E-state index contributed by atoms with van der Waals surface area (Å²) in [6.45, 7) is 1.69. The van der Waals surface area contributed by atoms with E-state index in [0.29, 0.717) is 25.3 Å².